The average Bonchev–Trinajstić information content (AvgIpc) is 3.75. The van der Waals surface area contributed by atoms with Gasteiger partial charge in [0, 0.05) is 52.5 Å². The predicted octanol–water partition coefficient (Wildman–Crippen LogP) is 7.43. The average molecular weight is 731 g/mol. The number of fused-ring (bicyclic) bond motifs is 3. The van der Waals surface area contributed by atoms with Crippen LogP contribution in [-0.2, 0) is 27.4 Å². The third-order valence-corrected chi connectivity index (χ3v) is 9.75. The van der Waals surface area contributed by atoms with Gasteiger partial charge in [0.2, 0.25) is 6.41 Å². The van der Waals surface area contributed by atoms with Crippen molar-refractivity contribution in [2.45, 2.75) is 59.2 Å². The van der Waals surface area contributed by atoms with E-state index in [4.69, 9.17) is 9.72 Å². The van der Waals surface area contributed by atoms with Gasteiger partial charge in [0.15, 0.2) is 0 Å². The molecule has 0 saturated carbocycles. The molecule has 1 atom stereocenters. The highest BCUT2D eigenvalue weighted by molar-refractivity contribution is 5.87. The number of H-pyrrole nitrogens is 2. The molecule has 4 N–H and O–H groups in total. The zero-order valence-electron chi connectivity index (χ0n) is 30.9. The number of hydrogen-bond donors (Lipinski definition) is 4. The van der Waals surface area contributed by atoms with Gasteiger partial charge in [-0.3, -0.25) is 24.6 Å². The molecule has 8 rings (SSSR count). The first kappa shape index (κ1) is 38.0. The minimum absolute atomic E-state index is 0.298. The Morgan fingerprint density at radius 1 is 0.981 bits per heavy atom. The zero-order chi connectivity index (χ0) is 37.9. The Balaban J connectivity index is 0.000000225. The summed E-state index contributed by atoms with van der Waals surface area (Å²) in [5.41, 5.74) is 8.38. The molecule has 11 nitrogen and oxygen atoms in total. The van der Waals surface area contributed by atoms with Gasteiger partial charge in [-0.25, -0.2) is 9.37 Å². The lowest BCUT2D eigenvalue weighted by Crippen LogP contribution is -2.36. The lowest BCUT2D eigenvalue weighted by atomic mass is 9.92. The summed E-state index contributed by atoms with van der Waals surface area (Å²) >= 11 is 0. The van der Waals surface area contributed by atoms with Crippen LogP contribution in [0.5, 0.6) is 0 Å². The summed E-state index contributed by atoms with van der Waals surface area (Å²) in [4.78, 5) is 35.8. The molecule has 6 aromatic rings. The van der Waals surface area contributed by atoms with E-state index in [0.29, 0.717) is 30.5 Å². The summed E-state index contributed by atoms with van der Waals surface area (Å²) in [6.45, 7) is 10.1. The maximum absolute atomic E-state index is 14.7. The van der Waals surface area contributed by atoms with E-state index in [1.807, 2.05) is 55.5 Å². The normalized spacial score (nSPS) is 16.4. The molecule has 3 aromatic carbocycles. The van der Waals surface area contributed by atoms with E-state index in [1.54, 1.807) is 6.08 Å². The number of likely N-dealkylation sites (tertiary alicyclic amines) is 1. The van der Waals surface area contributed by atoms with Crippen molar-refractivity contribution in [1.82, 2.24) is 35.4 Å². The minimum Gasteiger partial charge on any atom is -0.384 e. The van der Waals surface area contributed by atoms with E-state index in [2.05, 4.69) is 67.7 Å². The molecule has 2 fully saturated rings. The molecule has 3 aromatic heterocycles. The quantitative estimate of drug-likeness (QED) is 0.0648. The first-order chi connectivity index (χ1) is 26.3. The van der Waals surface area contributed by atoms with Gasteiger partial charge in [0.1, 0.15) is 17.9 Å². The summed E-state index contributed by atoms with van der Waals surface area (Å²) in [6.07, 6.45) is 11.6. The number of benzene rings is 3. The van der Waals surface area contributed by atoms with Crippen LogP contribution < -0.4 is 10.6 Å². The summed E-state index contributed by atoms with van der Waals surface area (Å²) in [6, 6.07) is 19.4. The fourth-order valence-corrected chi connectivity index (χ4v) is 6.60. The Bertz CT molecular complexity index is 2250. The molecular formula is C42H47FN8O3. The van der Waals surface area contributed by atoms with Crippen molar-refractivity contribution in [1.29, 1.82) is 0 Å². The molecular weight excluding hydrogens is 684 g/mol. The number of hydrogen-bond acceptors (Lipinski definition) is 8. The largest absolute Gasteiger partial charge is 0.384 e. The Morgan fingerprint density at radius 3 is 2.50 bits per heavy atom. The second kappa shape index (κ2) is 18.4. The van der Waals surface area contributed by atoms with Crippen LogP contribution in [0, 0.1) is 25.6 Å². The van der Waals surface area contributed by atoms with Crippen LogP contribution in [0.3, 0.4) is 0 Å². The number of pyridine rings is 1. The summed E-state index contributed by atoms with van der Waals surface area (Å²) in [7, 11) is 0. The molecule has 2 aliphatic heterocycles. The van der Waals surface area contributed by atoms with E-state index < -0.39 is 0 Å². The molecule has 5 heterocycles. The van der Waals surface area contributed by atoms with Crippen LogP contribution in [-0.4, -0.2) is 68.5 Å². The molecule has 280 valence electrons. The second-order valence-corrected chi connectivity index (χ2v) is 13.7. The Hall–Kier alpha value is -5.72. The van der Waals surface area contributed by atoms with Gasteiger partial charge in [0.25, 0.3) is 0 Å². The molecule has 12 heteroatoms. The van der Waals surface area contributed by atoms with E-state index in [1.165, 1.54) is 24.3 Å². The van der Waals surface area contributed by atoms with Crippen LogP contribution in [0.4, 0.5) is 10.1 Å². The molecule has 2 saturated heterocycles. The smallest absolute Gasteiger partial charge is 0.211 e. The zero-order valence-corrected chi connectivity index (χ0v) is 30.9. The number of aldehydes is 1. The number of aryl methyl sites for hydroxylation is 2. The number of rotatable bonds is 10. The predicted molar refractivity (Wildman–Crippen MR) is 211 cm³/mol. The number of ether oxygens (including phenoxy) is 1. The molecule has 0 radical (unpaired) electrons. The lowest BCUT2D eigenvalue weighted by molar-refractivity contribution is -0.105. The third-order valence-electron chi connectivity index (χ3n) is 9.75. The first-order valence-electron chi connectivity index (χ1n) is 18.3. The highest BCUT2D eigenvalue weighted by Gasteiger charge is 2.23. The molecule has 0 spiro atoms. The topological polar surface area (TPSA) is 141 Å². The first-order valence-corrected chi connectivity index (χ1v) is 18.3. The number of aromatic nitrogens is 5. The number of aromatic amines is 2. The van der Waals surface area contributed by atoms with E-state index in [0.717, 1.165) is 101 Å². The summed E-state index contributed by atoms with van der Waals surface area (Å²) in [5, 5.41) is 14.9. The highest BCUT2D eigenvalue weighted by Crippen LogP contribution is 2.27. The van der Waals surface area contributed by atoms with Gasteiger partial charge in [-0.15, -0.1) is 0 Å². The van der Waals surface area contributed by atoms with Crippen molar-refractivity contribution in [3.05, 3.63) is 119 Å². The molecule has 0 bridgehead atoms. The lowest BCUT2D eigenvalue weighted by Gasteiger charge is -2.33. The Morgan fingerprint density at radius 2 is 1.76 bits per heavy atom. The van der Waals surface area contributed by atoms with Crippen molar-refractivity contribution >= 4 is 51.2 Å². The van der Waals surface area contributed by atoms with Crippen molar-refractivity contribution < 1.29 is 18.7 Å². The van der Waals surface area contributed by atoms with Gasteiger partial charge >= 0.3 is 0 Å². The number of piperidine rings is 1. The maximum Gasteiger partial charge on any atom is 0.211 e. The van der Waals surface area contributed by atoms with Crippen molar-refractivity contribution in [3.63, 3.8) is 0 Å². The third kappa shape index (κ3) is 9.82. The Labute approximate surface area is 314 Å². The van der Waals surface area contributed by atoms with Crippen LogP contribution in [0.2, 0.25) is 0 Å². The second-order valence-electron chi connectivity index (χ2n) is 13.7. The molecule has 0 unspecified atom stereocenters. The number of nitrogens with zero attached hydrogens (tertiary/aromatic N) is 4. The summed E-state index contributed by atoms with van der Waals surface area (Å²) < 4.78 is 19.6. The standard InChI is InChI=1S/C29H30FN5O.C9H9N3O.C4H8O/c1-20-9-10-27-28(16-20)34-29(33-27)19-35-13-11-21(12-14-35)25(7-4-5-15-36)31-17-23-22-6-2-3-8-26(22)32-18-24(23)30;1-6-8-4-7(10-5-13)2-3-9(8)12-11-6;1-4-2-3-5-4/h2-10,15-16,18,21,31H,11-14,17,19H2,1H3,(H,33,34);2-5H,1H3,(H,10,13)(H,11,12);4H,2-3H2,1H3/b5-4-,25-7-;;/t;;4-/m..1/s1. The number of halogens is 1. The monoisotopic (exact) mass is 730 g/mol. The molecule has 1 amide bonds. The molecule has 2 aliphatic rings. The minimum atomic E-state index is -0.320. The van der Waals surface area contributed by atoms with Gasteiger partial charge in [-0.05, 0) is 107 Å². The number of carbonyl (C=O) groups is 2. The van der Waals surface area contributed by atoms with Gasteiger partial charge < -0.3 is 20.4 Å². The molecule has 54 heavy (non-hydrogen) atoms. The van der Waals surface area contributed by atoms with Crippen molar-refractivity contribution in [2.75, 3.05) is 25.0 Å². The fraction of sp³-hybridized carbons (Fsp3) is 0.310. The summed E-state index contributed by atoms with van der Waals surface area (Å²) in [5.74, 6) is 0.962. The van der Waals surface area contributed by atoms with Crippen molar-refractivity contribution in [3.8, 4) is 0 Å². The van der Waals surface area contributed by atoms with E-state index in [9.17, 15) is 14.0 Å². The number of nitrogens with one attached hydrogen (secondary N) is 4. The van der Waals surface area contributed by atoms with Gasteiger partial charge in [-0.1, -0.05) is 30.3 Å². The van der Waals surface area contributed by atoms with Gasteiger partial charge in [0.05, 0.1) is 40.9 Å². The highest BCUT2D eigenvalue weighted by atomic mass is 19.1. The van der Waals surface area contributed by atoms with Crippen LogP contribution in [0.15, 0.2) is 90.8 Å². The fourth-order valence-electron chi connectivity index (χ4n) is 6.60. The number of anilines is 1. The van der Waals surface area contributed by atoms with E-state index >= 15 is 0 Å². The van der Waals surface area contributed by atoms with Crippen LogP contribution >= 0.6 is 0 Å². The SMILES string of the molecule is C[C@@H]1CCO1.Cc1[nH]nc2ccc(NC=O)cc12.Cc1ccc2nc(CN3CCC(/C(=C/C=C\C=O)NCc4c(F)cnc5ccccc45)CC3)[nH]c2c1. The Kier molecular flexibility index (Phi) is 12.9. The molecule has 0 aliphatic carbocycles. The van der Waals surface area contributed by atoms with Crippen LogP contribution in [0.1, 0.15) is 48.8 Å². The number of imidazole rings is 1. The van der Waals surface area contributed by atoms with Crippen molar-refractivity contribution in [2.24, 2.45) is 5.92 Å². The van der Waals surface area contributed by atoms with Gasteiger partial charge in [-0.2, -0.15) is 5.10 Å². The maximum atomic E-state index is 14.7. The number of amides is 1. The number of allylic oxidation sites excluding steroid dienone is 4. The number of para-hydroxylation sites is 1. The van der Waals surface area contributed by atoms with Crippen LogP contribution in [0.25, 0.3) is 32.8 Å². The van der Waals surface area contributed by atoms with E-state index in [-0.39, 0.29) is 5.82 Å². The number of carbonyl (C=O) groups excluding carboxylic acids is 2.